The highest BCUT2D eigenvalue weighted by atomic mass is 16.3. The molecule has 0 aliphatic carbocycles. The van der Waals surface area contributed by atoms with E-state index in [0.717, 1.165) is 52.1 Å². The van der Waals surface area contributed by atoms with Crippen LogP contribution in [0.5, 0.6) is 0 Å². The number of hydrogen-bond acceptors (Lipinski definition) is 5. The van der Waals surface area contributed by atoms with Crippen LogP contribution in [0.2, 0.25) is 0 Å². The number of piperazine rings is 1. The molecule has 1 unspecified atom stereocenters. The first-order valence-corrected chi connectivity index (χ1v) is 10.4. The van der Waals surface area contributed by atoms with Crippen LogP contribution in [-0.2, 0) is 13.1 Å². The van der Waals surface area contributed by atoms with Crippen molar-refractivity contribution in [3.8, 4) is 0 Å². The lowest BCUT2D eigenvalue weighted by atomic mass is 10.0. The van der Waals surface area contributed by atoms with Gasteiger partial charge in [0, 0.05) is 45.3 Å². The molecule has 1 aromatic heterocycles. The van der Waals surface area contributed by atoms with Gasteiger partial charge in [0.1, 0.15) is 6.26 Å². The predicted octanol–water partition coefficient (Wildman–Crippen LogP) is 3.01. The SMILES string of the molecule is CC1CCCCN1C(=O)c1coc(CN2CCN(Cc3ccccc3)CC2)n1. The van der Waals surface area contributed by atoms with Crippen molar-refractivity contribution in [2.24, 2.45) is 0 Å². The Labute approximate surface area is 167 Å². The smallest absolute Gasteiger partial charge is 0.276 e. The fraction of sp³-hybridized carbons (Fsp3) is 0.545. The van der Waals surface area contributed by atoms with Crippen molar-refractivity contribution in [3.05, 3.63) is 53.7 Å². The van der Waals surface area contributed by atoms with E-state index in [1.807, 2.05) is 4.90 Å². The summed E-state index contributed by atoms with van der Waals surface area (Å²) in [7, 11) is 0. The number of carbonyl (C=O) groups is 1. The van der Waals surface area contributed by atoms with Gasteiger partial charge in [0.2, 0.25) is 5.89 Å². The van der Waals surface area contributed by atoms with Crippen LogP contribution in [-0.4, -0.2) is 64.4 Å². The highest BCUT2D eigenvalue weighted by Crippen LogP contribution is 2.19. The van der Waals surface area contributed by atoms with Crippen molar-refractivity contribution >= 4 is 5.91 Å². The molecule has 1 atom stereocenters. The molecule has 3 heterocycles. The van der Waals surface area contributed by atoms with Crippen molar-refractivity contribution in [2.45, 2.75) is 45.3 Å². The maximum absolute atomic E-state index is 12.7. The molecule has 0 N–H and O–H groups in total. The van der Waals surface area contributed by atoms with Gasteiger partial charge in [-0.2, -0.15) is 0 Å². The molecule has 2 aliphatic rings. The van der Waals surface area contributed by atoms with Gasteiger partial charge in [0.25, 0.3) is 5.91 Å². The zero-order chi connectivity index (χ0) is 19.3. The Bertz CT molecular complexity index is 768. The van der Waals surface area contributed by atoms with Gasteiger partial charge < -0.3 is 9.32 Å². The third-order valence-electron chi connectivity index (χ3n) is 5.91. The molecule has 0 spiro atoms. The standard InChI is InChI=1S/C22H30N4O2/c1-18-7-5-6-10-26(18)22(27)20-17-28-21(23-20)16-25-13-11-24(12-14-25)15-19-8-3-2-4-9-19/h2-4,8-9,17-18H,5-7,10-16H2,1H3. The van der Waals surface area contributed by atoms with Crippen LogP contribution >= 0.6 is 0 Å². The van der Waals surface area contributed by atoms with E-state index in [1.165, 1.54) is 18.2 Å². The average molecular weight is 383 g/mol. The summed E-state index contributed by atoms with van der Waals surface area (Å²) >= 11 is 0. The fourth-order valence-electron chi connectivity index (χ4n) is 4.17. The van der Waals surface area contributed by atoms with Crippen LogP contribution in [0, 0.1) is 0 Å². The molecule has 2 aliphatic heterocycles. The number of hydrogen-bond donors (Lipinski definition) is 0. The van der Waals surface area contributed by atoms with Gasteiger partial charge in [-0.15, -0.1) is 0 Å². The maximum atomic E-state index is 12.7. The van der Waals surface area contributed by atoms with Gasteiger partial charge in [-0.1, -0.05) is 30.3 Å². The largest absolute Gasteiger partial charge is 0.447 e. The van der Waals surface area contributed by atoms with Gasteiger partial charge in [-0.05, 0) is 31.7 Å². The van der Waals surface area contributed by atoms with Gasteiger partial charge >= 0.3 is 0 Å². The fourth-order valence-corrected chi connectivity index (χ4v) is 4.17. The van der Waals surface area contributed by atoms with Gasteiger partial charge in [0.15, 0.2) is 5.69 Å². The van der Waals surface area contributed by atoms with E-state index in [1.54, 1.807) is 0 Å². The lowest BCUT2D eigenvalue weighted by molar-refractivity contribution is 0.0629. The Balaban J connectivity index is 1.27. The van der Waals surface area contributed by atoms with E-state index in [0.29, 0.717) is 24.2 Å². The summed E-state index contributed by atoms with van der Waals surface area (Å²) in [6, 6.07) is 10.9. The maximum Gasteiger partial charge on any atom is 0.276 e. The lowest BCUT2D eigenvalue weighted by Gasteiger charge is -2.34. The molecule has 150 valence electrons. The normalized spacial score (nSPS) is 21.8. The van der Waals surface area contributed by atoms with Crippen molar-refractivity contribution in [2.75, 3.05) is 32.7 Å². The lowest BCUT2D eigenvalue weighted by Crippen LogP contribution is -2.45. The van der Waals surface area contributed by atoms with E-state index >= 15 is 0 Å². The summed E-state index contributed by atoms with van der Waals surface area (Å²) in [5.41, 5.74) is 1.81. The molecular weight excluding hydrogens is 352 g/mol. The van der Waals surface area contributed by atoms with E-state index in [4.69, 9.17) is 4.42 Å². The molecular formula is C22H30N4O2. The number of rotatable bonds is 5. The van der Waals surface area contributed by atoms with Crippen LogP contribution < -0.4 is 0 Å². The average Bonchev–Trinajstić information content (AvgIpc) is 3.19. The second kappa shape index (κ2) is 8.88. The summed E-state index contributed by atoms with van der Waals surface area (Å²) < 4.78 is 5.62. The van der Waals surface area contributed by atoms with Crippen molar-refractivity contribution in [3.63, 3.8) is 0 Å². The number of benzene rings is 1. The van der Waals surface area contributed by atoms with E-state index in [9.17, 15) is 4.79 Å². The first-order valence-electron chi connectivity index (χ1n) is 10.4. The van der Waals surface area contributed by atoms with Crippen LogP contribution in [0.15, 0.2) is 41.0 Å². The van der Waals surface area contributed by atoms with Crippen molar-refractivity contribution < 1.29 is 9.21 Å². The zero-order valence-electron chi connectivity index (χ0n) is 16.7. The monoisotopic (exact) mass is 382 g/mol. The third-order valence-corrected chi connectivity index (χ3v) is 5.91. The highest BCUT2D eigenvalue weighted by Gasteiger charge is 2.27. The third kappa shape index (κ3) is 4.62. The molecule has 4 rings (SSSR count). The first kappa shape index (κ1) is 19.2. The summed E-state index contributed by atoms with van der Waals surface area (Å²) in [6.45, 7) is 8.66. The topological polar surface area (TPSA) is 52.8 Å². The van der Waals surface area contributed by atoms with Crippen molar-refractivity contribution in [1.29, 1.82) is 0 Å². The molecule has 6 nitrogen and oxygen atoms in total. The molecule has 1 aromatic carbocycles. The number of piperidine rings is 1. The van der Waals surface area contributed by atoms with Gasteiger partial charge in [-0.3, -0.25) is 14.6 Å². The molecule has 2 saturated heterocycles. The minimum absolute atomic E-state index is 0.00915. The van der Waals surface area contributed by atoms with E-state index < -0.39 is 0 Å². The van der Waals surface area contributed by atoms with Crippen molar-refractivity contribution in [1.82, 2.24) is 19.7 Å². The Kier molecular flexibility index (Phi) is 6.07. The molecule has 2 fully saturated rings. The highest BCUT2D eigenvalue weighted by molar-refractivity contribution is 5.92. The molecule has 0 bridgehead atoms. The molecule has 0 saturated carbocycles. The summed E-state index contributed by atoms with van der Waals surface area (Å²) in [4.78, 5) is 24.0. The molecule has 1 amide bonds. The summed E-state index contributed by atoms with van der Waals surface area (Å²) in [5, 5.41) is 0. The van der Waals surface area contributed by atoms with Crippen LogP contribution in [0.1, 0.15) is 48.1 Å². The number of carbonyl (C=O) groups excluding carboxylic acids is 1. The second-order valence-corrected chi connectivity index (χ2v) is 8.01. The summed E-state index contributed by atoms with van der Waals surface area (Å²) in [6.07, 6.45) is 4.88. The van der Waals surface area contributed by atoms with Crippen LogP contribution in [0.3, 0.4) is 0 Å². The number of nitrogens with zero attached hydrogens (tertiary/aromatic N) is 4. The predicted molar refractivity (Wildman–Crippen MR) is 108 cm³/mol. The number of oxazole rings is 1. The Hall–Kier alpha value is -2.18. The number of likely N-dealkylation sites (tertiary alicyclic amines) is 1. The minimum atomic E-state index is 0.00915. The molecule has 2 aromatic rings. The van der Waals surface area contributed by atoms with Gasteiger partial charge in [-0.25, -0.2) is 4.98 Å². The van der Waals surface area contributed by atoms with E-state index in [-0.39, 0.29) is 5.91 Å². The zero-order valence-corrected chi connectivity index (χ0v) is 16.7. The molecule has 0 radical (unpaired) electrons. The first-order chi connectivity index (χ1) is 13.7. The molecule has 28 heavy (non-hydrogen) atoms. The van der Waals surface area contributed by atoms with Gasteiger partial charge in [0.05, 0.1) is 6.54 Å². The minimum Gasteiger partial charge on any atom is -0.447 e. The van der Waals surface area contributed by atoms with Crippen LogP contribution in [0.4, 0.5) is 0 Å². The number of aromatic nitrogens is 1. The van der Waals surface area contributed by atoms with Crippen LogP contribution in [0.25, 0.3) is 0 Å². The quantitative estimate of drug-likeness (QED) is 0.796. The Morgan fingerprint density at radius 3 is 2.46 bits per heavy atom. The Morgan fingerprint density at radius 1 is 1.04 bits per heavy atom. The Morgan fingerprint density at radius 2 is 1.75 bits per heavy atom. The van der Waals surface area contributed by atoms with E-state index in [2.05, 4.69) is 52.0 Å². The number of amides is 1. The summed E-state index contributed by atoms with van der Waals surface area (Å²) in [5.74, 6) is 0.652. The second-order valence-electron chi connectivity index (χ2n) is 8.01. The molecule has 6 heteroatoms.